The van der Waals surface area contributed by atoms with Crippen molar-refractivity contribution in [3.8, 4) is 0 Å². The summed E-state index contributed by atoms with van der Waals surface area (Å²) in [5.41, 5.74) is 2.00. The van der Waals surface area contributed by atoms with E-state index in [9.17, 15) is 0 Å². The van der Waals surface area contributed by atoms with E-state index in [4.69, 9.17) is 0 Å². The summed E-state index contributed by atoms with van der Waals surface area (Å²) in [5, 5.41) is 3.93. The van der Waals surface area contributed by atoms with Crippen LogP contribution in [0.1, 0.15) is 70.3 Å². The number of hydrogen-bond donors (Lipinski definition) is 1. The van der Waals surface area contributed by atoms with Gasteiger partial charge in [0.1, 0.15) is 0 Å². The van der Waals surface area contributed by atoms with Crippen LogP contribution in [0.2, 0.25) is 0 Å². The van der Waals surface area contributed by atoms with Gasteiger partial charge in [0.05, 0.1) is 0 Å². The zero-order valence-electron chi connectivity index (χ0n) is 13.6. The first-order chi connectivity index (χ1) is 10.4. The van der Waals surface area contributed by atoms with Gasteiger partial charge < -0.3 is 5.32 Å². The largest absolute Gasteiger partial charge is 0.313 e. The Kier molecular flexibility index (Phi) is 5.00. The summed E-state index contributed by atoms with van der Waals surface area (Å²) in [7, 11) is 0. The van der Waals surface area contributed by atoms with Crippen LogP contribution in [0.25, 0.3) is 0 Å². The Hall–Kier alpha value is -0.820. The van der Waals surface area contributed by atoms with Gasteiger partial charge in [-0.05, 0) is 43.7 Å². The Morgan fingerprint density at radius 2 is 1.67 bits per heavy atom. The molecule has 2 aliphatic carbocycles. The molecule has 0 heterocycles. The molecule has 1 heteroatoms. The SMILES string of the molecule is CCNC(C1CCCCC1)C1(c2ccccc2)CCCC1. The lowest BCUT2D eigenvalue weighted by molar-refractivity contribution is 0.178. The standard InChI is InChI=1S/C20H31N/c1-2-21-19(17-11-5-3-6-12-17)20(15-9-10-16-20)18-13-7-4-8-14-18/h4,7-8,13-14,17,19,21H,2-3,5-6,9-12,15-16H2,1H3. The van der Waals surface area contributed by atoms with Crippen LogP contribution < -0.4 is 5.32 Å². The van der Waals surface area contributed by atoms with E-state index in [0.717, 1.165) is 12.5 Å². The zero-order chi connectivity index (χ0) is 14.5. The van der Waals surface area contributed by atoms with Gasteiger partial charge in [-0.3, -0.25) is 0 Å². The van der Waals surface area contributed by atoms with Crippen molar-refractivity contribution in [3.63, 3.8) is 0 Å². The molecule has 2 saturated carbocycles. The number of rotatable bonds is 5. The van der Waals surface area contributed by atoms with Crippen molar-refractivity contribution >= 4 is 0 Å². The highest BCUT2D eigenvalue weighted by atomic mass is 14.9. The Bertz CT molecular complexity index is 413. The molecule has 1 aromatic rings. The van der Waals surface area contributed by atoms with Crippen molar-refractivity contribution < 1.29 is 0 Å². The van der Waals surface area contributed by atoms with Gasteiger partial charge in [-0.2, -0.15) is 0 Å². The minimum absolute atomic E-state index is 0.402. The van der Waals surface area contributed by atoms with E-state index in [1.165, 1.54) is 57.8 Å². The molecule has 21 heavy (non-hydrogen) atoms. The third kappa shape index (κ3) is 3.04. The summed E-state index contributed by atoms with van der Waals surface area (Å²) in [6.45, 7) is 3.39. The van der Waals surface area contributed by atoms with E-state index in [2.05, 4.69) is 42.6 Å². The molecule has 0 radical (unpaired) electrons. The van der Waals surface area contributed by atoms with Gasteiger partial charge in [-0.1, -0.05) is 69.4 Å². The highest BCUT2D eigenvalue weighted by Crippen LogP contribution is 2.48. The molecule has 2 fully saturated rings. The molecular formula is C20H31N. The van der Waals surface area contributed by atoms with E-state index in [1.807, 2.05) is 0 Å². The molecule has 0 bridgehead atoms. The number of hydrogen-bond acceptors (Lipinski definition) is 1. The molecule has 116 valence electrons. The molecule has 0 spiro atoms. The highest BCUT2D eigenvalue weighted by molar-refractivity contribution is 5.30. The molecule has 0 aliphatic heterocycles. The summed E-state index contributed by atoms with van der Waals surface area (Å²) < 4.78 is 0. The molecule has 1 aromatic carbocycles. The average molecular weight is 285 g/mol. The van der Waals surface area contributed by atoms with Crippen molar-refractivity contribution in [1.29, 1.82) is 0 Å². The second-order valence-electron chi connectivity index (χ2n) is 7.16. The molecule has 0 aromatic heterocycles. The predicted molar refractivity (Wildman–Crippen MR) is 90.6 cm³/mol. The summed E-state index contributed by atoms with van der Waals surface area (Å²) in [5.74, 6) is 0.886. The van der Waals surface area contributed by atoms with E-state index >= 15 is 0 Å². The fraction of sp³-hybridized carbons (Fsp3) is 0.700. The molecule has 1 unspecified atom stereocenters. The molecule has 3 rings (SSSR count). The normalized spacial score (nSPS) is 24.0. The number of likely N-dealkylation sites (N-methyl/N-ethyl adjacent to an activating group) is 1. The monoisotopic (exact) mass is 285 g/mol. The molecular weight excluding hydrogens is 254 g/mol. The lowest BCUT2D eigenvalue weighted by atomic mass is 9.65. The van der Waals surface area contributed by atoms with Crippen LogP contribution in [0.4, 0.5) is 0 Å². The fourth-order valence-electron chi connectivity index (χ4n) is 5.06. The van der Waals surface area contributed by atoms with E-state index in [-0.39, 0.29) is 0 Å². The Morgan fingerprint density at radius 1 is 1.00 bits per heavy atom. The Morgan fingerprint density at radius 3 is 2.29 bits per heavy atom. The average Bonchev–Trinajstić information content (AvgIpc) is 3.05. The van der Waals surface area contributed by atoms with Crippen LogP contribution in [0.3, 0.4) is 0 Å². The first-order valence-corrected chi connectivity index (χ1v) is 9.16. The van der Waals surface area contributed by atoms with E-state index in [1.54, 1.807) is 5.56 Å². The molecule has 1 N–H and O–H groups in total. The highest BCUT2D eigenvalue weighted by Gasteiger charge is 2.45. The van der Waals surface area contributed by atoms with E-state index < -0.39 is 0 Å². The van der Waals surface area contributed by atoms with Crippen LogP contribution in [0.5, 0.6) is 0 Å². The van der Waals surface area contributed by atoms with Crippen LogP contribution in [0.15, 0.2) is 30.3 Å². The fourth-order valence-corrected chi connectivity index (χ4v) is 5.06. The lowest BCUT2D eigenvalue weighted by Crippen LogP contribution is -2.52. The predicted octanol–water partition coefficient (Wildman–Crippen LogP) is 5.06. The summed E-state index contributed by atoms with van der Waals surface area (Å²) in [4.78, 5) is 0. The number of benzene rings is 1. The molecule has 1 atom stereocenters. The maximum atomic E-state index is 3.93. The second kappa shape index (κ2) is 6.96. The van der Waals surface area contributed by atoms with Gasteiger partial charge in [0.2, 0.25) is 0 Å². The van der Waals surface area contributed by atoms with Crippen molar-refractivity contribution in [2.75, 3.05) is 6.54 Å². The van der Waals surface area contributed by atoms with Gasteiger partial charge in [0.15, 0.2) is 0 Å². The Balaban J connectivity index is 1.92. The van der Waals surface area contributed by atoms with Crippen LogP contribution in [-0.2, 0) is 5.41 Å². The first kappa shape index (κ1) is 15.1. The molecule has 0 saturated heterocycles. The third-order valence-corrected chi connectivity index (χ3v) is 5.99. The molecule has 2 aliphatic rings. The smallest absolute Gasteiger partial charge is 0.0192 e. The minimum Gasteiger partial charge on any atom is -0.313 e. The van der Waals surface area contributed by atoms with Gasteiger partial charge in [0, 0.05) is 11.5 Å². The molecule has 1 nitrogen and oxygen atoms in total. The second-order valence-corrected chi connectivity index (χ2v) is 7.16. The van der Waals surface area contributed by atoms with Gasteiger partial charge in [0.25, 0.3) is 0 Å². The van der Waals surface area contributed by atoms with Gasteiger partial charge in [-0.25, -0.2) is 0 Å². The van der Waals surface area contributed by atoms with Crippen LogP contribution >= 0.6 is 0 Å². The van der Waals surface area contributed by atoms with Crippen molar-refractivity contribution in [2.45, 2.75) is 76.2 Å². The van der Waals surface area contributed by atoms with Crippen molar-refractivity contribution in [1.82, 2.24) is 5.32 Å². The molecule has 0 amide bonds. The summed E-state index contributed by atoms with van der Waals surface area (Å²) in [6.07, 6.45) is 12.8. The topological polar surface area (TPSA) is 12.0 Å². The quantitative estimate of drug-likeness (QED) is 0.797. The maximum absolute atomic E-state index is 3.93. The van der Waals surface area contributed by atoms with Crippen molar-refractivity contribution in [2.24, 2.45) is 5.92 Å². The Labute approximate surface area is 130 Å². The zero-order valence-corrected chi connectivity index (χ0v) is 13.6. The number of nitrogens with one attached hydrogen (secondary N) is 1. The lowest BCUT2D eigenvalue weighted by Gasteiger charge is -2.44. The van der Waals surface area contributed by atoms with Crippen LogP contribution in [0, 0.1) is 5.92 Å². The summed E-state index contributed by atoms with van der Waals surface area (Å²) >= 11 is 0. The summed E-state index contributed by atoms with van der Waals surface area (Å²) in [6, 6.07) is 12.1. The third-order valence-electron chi connectivity index (χ3n) is 5.99. The van der Waals surface area contributed by atoms with Crippen molar-refractivity contribution in [3.05, 3.63) is 35.9 Å². The first-order valence-electron chi connectivity index (χ1n) is 9.16. The maximum Gasteiger partial charge on any atom is 0.0192 e. The van der Waals surface area contributed by atoms with Crippen LogP contribution in [-0.4, -0.2) is 12.6 Å². The van der Waals surface area contributed by atoms with E-state index in [0.29, 0.717) is 11.5 Å². The van der Waals surface area contributed by atoms with Gasteiger partial charge >= 0.3 is 0 Å². The minimum atomic E-state index is 0.402. The van der Waals surface area contributed by atoms with Gasteiger partial charge in [-0.15, -0.1) is 0 Å².